The van der Waals surface area contributed by atoms with E-state index in [4.69, 9.17) is 0 Å². The lowest BCUT2D eigenvalue weighted by Crippen LogP contribution is -2.50. The Balaban J connectivity index is 1.84. The highest BCUT2D eigenvalue weighted by molar-refractivity contribution is 5.89. The van der Waals surface area contributed by atoms with Crippen LogP contribution < -0.4 is 0 Å². The molecule has 0 heterocycles. The Morgan fingerprint density at radius 3 is 1.86 bits per heavy atom. The lowest BCUT2D eigenvalue weighted by atomic mass is 9.49. The molecule has 0 aromatic heterocycles. The predicted octanol–water partition coefficient (Wildman–Crippen LogP) is 5.03. The Labute approximate surface area is 126 Å². The highest BCUT2D eigenvalue weighted by Gasteiger charge is 2.54. The first-order chi connectivity index (χ1) is 9.78. The average molecular weight is 288 g/mol. The van der Waals surface area contributed by atoms with E-state index >= 15 is 0 Å². The minimum atomic E-state index is -0.243. The zero-order valence-electron chi connectivity index (χ0n) is 13.3. The van der Waals surface area contributed by atoms with Crippen molar-refractivity contribution in [2.24, 2.45) is 10.8 Å². The Morgan fingerprint density at radius 2 is 1.43 bits per heavy atom. The molecule has 3 fully saturated rings. The van der Waals surface area contributed by atoms with Crippen LogP contribution in [0.1, 0.15) is 64.9 Å². The van der Waals surface area contributed by atoms with Gasteiger partial charge in [-0.2, -0.15) is 0 Å². The fourth-order valence-electron chi connectivity index (χ4n) is 4.56. The molecule has 3 saturated carbocycles. The molecule has 0 amide bonds. The third-order valence-corrected chi connectivity index (χ3v) is 5.87. The summed E-state index contributed by atoms with van der Waals surface area (Å²) in [7, 11) is 0. The summed E-state index contributed by atoms with van der Waals surface area (Å²) in [6.07, 6.45) is 6.21. The average Bonchev–Trinajstić information content (AvgIpc) is 2.48. The molecule has 4 rings (SSSR count). The van der Waals surface area contributed by atoms with Gasteiger partial charge in [0, 0.05) is 10.8 Å². The molecule has 0 radical (unpaired) electrons. The molecule has 3 aliphatic carbocycles. The highest BCUT2D eigenvalue weighted by Crippen LogP contribution is 2.59. The maximum absolute atomic E-state index is 13.1. The van der Waals surface area contributed by atoms with Crippen LogP contribution in [0.4, 0.5) is 4.39 Å². The summed E-state index contributed by atoms with van der Waals surface area (Å²) < 4.78 is 13.1. The number of rotatable bonds is 2. The monoisotopic (exact) mass is 288 g/mol. The standard InChI is InChI=1S/C19H25FO/c1-17(2,3)16(21)19-11-8-18(9-12-19,10-13-19)14-4-6-15(20)7-5-14/h4-7H,8-13H2,1-3H3. The van der Waals surface area contributed by atoms with Gasteiger partial charge in [-0.3, -0.25) is 4.79 Å². The van der Waals surface area contributed by atoms with E-state index in [-0.39, 0.29) is 22.1 Å². The molecule has 0 aliphatic heterocycles. The minimum Gasteiger partial charge on any atom is -0.298 e. The lowest BCUT2D eigenvalue weighted by Gasteiger charge is -2.54. The number of hydrogen-bond acceptors (Lipinski definition) is 1. The molecule has 114 valence electrons. The van der Waals surface area contributed by atoms with Crippen molar-refractivity contribution >= 4 is 5.78 Å². The molecule has 3 aliphatic rings. The van der Waals surface area contributed by atoms with Crippen molar-refractivity contribution in [2.45, 2.75) is 64.7 Å². The van der Waals surface area contributed by atoms with Crippen molar-refractivity contribution < 1.29 is 9.18 Å². The van der Waals surface area contributed by atoms with E-state index in [1.807, 2.05) is 32.9 Å². The summed E-state index contributed by atoms with van der Waals surface area (Å²) in [6, 6.07) is 7.03. The number of hydrogen-bond donors (Lipinski definition) is 0. The summed E-state index contributed by atoms with van der Waals surface area (Å²) in [5.74, 6) is 0.279. The van der Waals surface area contributed by atoms with Gasteiger partial charge in [0.2, 0.25) is 0 Å². The minimum absolute atomic E-state index is 0.0833. The zero-order valence-corrected chi connectivity index (χ0v) is 13.3. The van der Waals surface area contributed by atoms with Crippen LogP contribution >= 0.6 is 0 Å². The molecule has 21 heavy (non-hydrogen) atoms. The largest absolute Gasteiger partial charge is 0.298 e. The van der Waals surface area contributed by atoms with E-state index in [0.29, 0.717) is 5.78 Å². The number of Topliss-reactive ketones (excluding diaryl/α,β-unsaturated/α-hetero) is 1. The third-order valence-electron chi connectivity index (χ3n) is 5.87. The Kier molecular flexibility index (Phi) is 3.27. The van der Waals surface area contributed by atoms with Gasteiger partial charge in [0.25, 0.3) is 0 Å². The van der Waals surface area contributed by atoms with E-state index in [9.17, 15) is 9.18 Å². The van der Waals surface area contributed by atoms with Gasteiger partial charge in [0.15, 0.2) is 0 Å². The van der Waals surface area contributed by atoms with Crippen LogP contribution in [0.5, 0.6) is 0 Å². The summed E-state index contributed by atoms with van der Waals surface area (Å²) in [5.41, 5.74) is 1.13. The predicted molar refractivity (Wildman–Crippen MR) is 82.7 cm³/mol. The van der Waals surface area contributed by atoms with Crippen LogP contribution in [-0.4, -0.2) is 5.78 Å². The van der Waals surface area contributed by atoms with Crippen LogP contribution in [0.15, 0.2) is 24.3 Å². The second-order valence-electron chi connectivity index (χ2n) is 8.15. The summed E-state index contributed by atoms with van der Waals surface area (Å²) >= 11 is 0. The Morgan fingerprint density at radius 1 is 0.952 bits per heavy atom. The van der Waals surface area contributed by atoms with Crippen molar-refractivity contribution in [1.29, 1.82) is 0 Å². The Hall–Kier alpha value is -1.18. The number of carbonyl (C=O) groups excluding carboxylic acids is 1. The van der Waals surface area contributed by atoms with Gasteiger partial charge in [-0.1, -0.05) is 32.9 Å². The van der Waals surface area contributed by atoms with Gasteiger partial charge in [0.05, 0.1) is 0 Å². The van der Waals surface area contributed by atoms with Gasteiger partial charge in [0.1, 0.15) is 11.6 Å². The van der Waals surface area contributed by atoms with Crippen LogP contribution in [0.2, 0.25) is 0 Å². The first kappa shape index (κ1) is 14.7. The second kappa shape index (κ2) is 4.66. The number of halogens is 1. The highest BCUT2D eigenvalue weighted by atomic mass is 19.1. The number of fused-ring (bicyclic) bond motifs is 3. The molecule has 2 bridgehead atoms. The normalized spacial score (nSPS) is 32.2. The van der Waals surface area contributed by atoms with Crippen molar-refractivity contribution in [2.75, 3.05) is 0 Å². The molecule has 1 aromatic rings. The fourth-order valence-corrected chi connectivity index (χ4v) is 4.56. The molecular formula is C19H25FO. The zero-order chi connectivity index (χ0) is 15.3. The number of carbonyl (C=O) groups is 1. The molecular weight excluding hydrogens is 263 g/mol. The molecule has 0 spiro atoms. The van der Waals surface area contributed by atoms with Gasteiger partial charge in [-0.05, 0) is 61.6 Å². The van der Waals surface area contributed by atoms with Crippen LogP contribution in [0.25, 0.3) is 0 Å². The molecule has 0 saturated heterocycles. The van der Waals surface area contributed by atoms with E-state index in [0.717, 1.165) is 38.5 Å². The van der Waals surface area contributed by atoms with E-state index < -0.39 is 0 Å². The number of ketones is 1. The SMILES string of the molecule is CC(C)(C)C(=O)C12CCC(c3ccc(F)cc3)(CC1)CC2. The fraction of sp³-hybridized carbons (Fsp3) is 0.632. The third kappa shape index (κ3) is 2.33. The van der Waals surface area contributed by atoms with Crippen LogP contribution in [0, 0.1) is 16.6 Å². The summed E-state index contributed by atoms with van der Waals surface area (Å²) in [6.45, 7) is 6.13. The van der Waals surface area contributed by atoms with Crippen molar-refractivity contribution in [3.8, 4) is 0 Å². The van der Waals surface area contributed by atoms with Gasteiger partial charge >= 0.3 is 0 Å². The molecule has 0 N–H and O–H groups in total. The van der Waals surface area contributed by atoms with Crippen molar-refractivity contribution in [1.82, 2.24) is 0 Å². The van der Waals surface area contributed by atoms with Crippen molar-refractivity contribution in [3.05, 3.63) is 35.6 Å². The van der Waals surface area contributed by atoms with Crippen molar-refractivity contribution in [3.63, 3.8) is 0 Å². The molecule has 1 nitrogen and oxygen atoms in total. The van der Waals surface area contributed by atoms with Gasteiger partial charge < -0.3 is 0 Å². The molecule has 1 aromatic carbocycles. The van der Waals surface area contributed by atoms with E-state index in [1.54, 1.807) is 12.1 Å². The van der Waals surface area contributed by atoms with Gasteiger partial charge in [-0.25, -0.2) is 4.39 Å². The van der Waals surface area contributed by atoms with E-state index in [2.05, 4.69) is 0 Å². The summed E-state index contributed by atoms with van der Waals surface area (Å²) in [5, 5.41) is 0. The maximum atomic E-state index is 13.1. The maximum Gasteiger partial charge on any atom is 0.144 e. The summed E-state index contributed by atoms with van der Waals surface area (Å²) in [4.78, 5) is 12.8. The first-order valence-corrected chi connectivity index (χ1v) is 8.09. The lowest BCUT2D eigenvalue weighted by molar-refractivity contribution is -0.143. The van der Waals surface area contributed by atoms with E-state index in [1.165, 1.54) is 5.56 Å². The quantitative estimate of drug-likeness (QED) is 0.745. The molecule has 0 unspecified atom stereocenters. The van der Waals surface area contributed by atoms with Gasteiger partial charge in [-0.15, -0.1) is 0 Å². The topological polar surface area (TPSA) is 17.1 Å². The van der Waals surface area contributed by atoms with Crippen LogP contribution in [-0.2, 0) is 10.2 Å². The molecule has 0 atom stereocenters. The smallest absolute Gasteiger partial charge is 0.144 e. The second-order valence-corrected chi connectivity index (χ2v) is 8.15. The molecule has 2 heteroatoms. The van der Waals surface area contributed by atoms with Crippen LogP contribution in [0.3, 0.4) is 0 Å². The number of benzene rings is 1. The first-order valence-electron chi connectivity index (χ1n) is 8.09. The Bertz CT molecular complexity index is 525.